The Morgan fingerprint density at radius 2 is 1.27 bits per heavy atom. The van der Waals surface area contributed by atoms with Crippen molar-refractivity contribution in [2.75, 3.05) is 5.75 Å². The summed E-state index contributed by atoms with van der Waals surface area (Å²) < 4.78 is 133. The van der Waals surface area contributed by atoms with E-state index in [4.69, 9.17) is 5.26 Å². The molecule has 0 N–H and O–H groups in total. The lowest BCUT2D eigenvalue weighted by atomic mass is 10.1. The van der Waals surface area contributed by atoms with Crippen LogP contribution in [0.3, 0.4) is 0 Å². The van der Waals surface area contributed by atoms with Crippen LogP contribution in [0.5, 0.6) is 0 Å². The van der Waals surface area contributed by atoms with Crippen LogP contribution in [0.4, 0.5) is 39.5 Å². The molecule has 0 heterocycles. The van der Waals surface area contributed by atoms with E-state index in [2.05, 4.69) is 0 Å². The van der Waals surface area contributed by atoms with Crippen LogP contribution in [-0.2, 0) is 9.84 Å². The molecular formula is C9H8F9NO2S. The standard InChI is InChI=1S/C9H8F9NO2S/c10-6(5-19,1-2-7(11,12)9(16,17)18)22(20,21)4-3-8(13,14)15/h1-4H2. The van der Waals surface area contributed by atoms with Crippen LogP contribution in [0.15, 0.2) is 0 Å². The lowest BCUT2D eigenvalue weighted by Gasteiger charge is -2.23. The fourth-order valence-corrected chi connectivity index (χ4v) is 2.53. The molecule has 0 saturated carbocycles. The second kappa shape index (κ2) is 6.13. The first-order valence-electron chi connectivity index (χ1n) is 5.31. The second-order valence-electron chi connectivity index (χ2n) is 4.23. The number of nitriles is 1. The highest BCUT2D eigenvalue weighted by atomic mass is 32.2. The Kier molecular flexibility index (Phi) is 5.80. The van der Waals surface area contributed by atoms with Gasteiger partial charge in [-0.15, -0.1) is 0 Å². The summed E-state index contributed by atoms with van der Waals surface area (Å²) in [7, 11) is -5.52. The fourth-order valence-electron chi connectivity index (χ4n) is 1.15. The Balaban J connectivity index is 5.18. The summed E-state index contributed by atoms with van der Waals surface area (Å²) in [4.78, 5) is 0. The molecule has 0 aliphatic rings. The zero-order valence-electron chi connectivity index (χ0n) is 10.4. The van der Waals surface area contributed by atoms with E-state index in [9.17, 15) is 47.9 Å². The molecule has 130 valence electrons. The average Bonchev–Trinajstić information content (AvgIpc) is 2.31. The van der Waals surface area contributed by atoms with Crippen molar-refractivity contribution in [1.82, 2.24) is 0 Å². The fraction of sp³-hybridized carbons (Fsp3) is 0.889. The summed E-state index contributed by atoms with van der Waals surface area (Å²) in [5.41, 5.74) is 0. The molecule has 0 aromatic rings. The van der Waals surface area contributed by atoms with Crippen LogP contribution < -0.4 is 0 Å². The van der Waals surface area contributed by atoms with Crippen LogP contribution in [-0.4, -0.2) is 37.4 Å². The summed E-state index contributed by atoms with van der Waals surface area (Å²) in [5.74, 6) is -7.43. The van der Waals surface area contributed by atoms with Gasteiger partial charge in [-0.1, -0.05) is 0 Å². The molecular weight excluding hydrogens is 357 g/mol. The van der Waals surface area contributed by atoms with Gasteiger partial charge in [-0.25, -0.2) is 12.8 Å². The smallest absolute Gasteiger partial charge is 0.224 e. The summed E-state index contributed by atoms with van der Waals surface area (Å²) in [6.07, 6.45) is -17.7. The van der Waals surface area contributed by atoms with Gasteiger partial charge < -0.3 is 0 Å². The van der Waals surface area contributed by atoms with Crippen molar-refractivity contribution in [3.05, 3.63) is 0 Å². The Hall–Kier alpha value is -1.19. The van der Waals surface area contributed by atoms with E-state index in [0.717, 1.165) is 0 Å². The molecule has 0 saturated heterocycles. The zero-order chi connectivity index (χ0) is 18.0. The molecule has 0 spiro atoms. The lowest BCUT2D eigenvalue weighted by Crippen LogP contribution is -2.41. The van der Waals surface area contributed by atoms with Gasteiger partial charge in [0.25, 0.3) is 5.00 Å². The van der Waals surface area contributed by atoms with E-state index < -0.39 is 58.1 Å². The van der Waals surface area contributed by atoms with Crippen molar-refractivity contribution in [2.45, 2.75) is 42.5 Å². The molecule has 0 bridgehead atoms. The molecule has 3 nitrogen and oxygen atoms in total. The van der Waals surface area contributed by atoms with Gasteiger partial charge in [-0.2, -0.15) is 40.4 Å². The first kappa shape index (κ1) is 20.8. The van der Waals surface area contributed by atoms with E-state index in [1.807, 2.05) is 0 Å². The van der Waals surface area contributed by atoms with Crippen molar-refractivity contribution in [2.24, 2.45) is 0 Å². The molecule has 0 aliphatic heterocycles. The number of nitrogens with zero attached hydrogens (tertiary/aromatic N) is 1. The maximum atomic E-state index is 13.8. The number of hydrogen-bond donors (Lipinski definition) is 0. The molecule has 0 aliphatic carbocycles. The minimum absolute atomic E-state index is 0.356. The molecule has 0 aromatic carbocycles. The van der Waals surface area contributed by atoms with E-state index in [-0.39, 0.29) is 0 Å². The monoisotopic (exact) mass is 365 g/mol. The third kappa shape index (κ3) is 5.22. The van der Waals surface area contributed by atoms with E-state index in [1.54, 1.807) is 0 Å². The Labute approximate surface area is 118 Å². The first-order chi connectivity index (χ1) is 9.47. The predicted molar refractivity (Wildman–Crippen MR) is 54.1 cm³/mol. The summed E-state index contributed by atoms with van der Waals surface area (Å²) in [6.45, 7) is 0. The van der Waals surface area contributed by atoms with Gasteiger partial charge in [0, 0.05) is 12.8 Å². The summed E-state index contributed by atoms with van der Waals surface area (Å²) in [6, 6.07) is 0.356. The highest BCUT2D eigenvalue weighted by Crippen LogP contribution is 2.41. The number of hydrogen-bond acceptors (Lipinski definition) is 3. The van der Waals surface area contributed by atoms with Gasteiger partial charge in [-0.3, -0.25) is 0 Å². The van der Waals surface area contributed by atoms with Crippen molar-refractivity contribution < 1.29 is 47.9 Å². The van der Waals surface area contributed by atoms with Crippen LogP contribution >= 0.6 is 0 Å². The third-order valence-electron chi connectivity index (χ3n) is 2.49. The normalized spacial score (nSPS) is 16.9. The molecule has 0 rings (SSSR count). The van der Waals surface area contributed by atoms with Crippen molar-refractivity contribution in [1.29, 1.82) is 5.26 Å². The first-order valence-corrected chi connectivity index (χ1v) is 6.96. The highest BCUT2D eigenvalue weighted by molar-refractivity contribution is 7.92. The zero-order valence-corrected chi connectivity index (χ0v) is 11.2. The number of rotatable bonds is 6. The van der Waals surface area contributed by atoms with Crippen LogP contribution in [0, 0.1) is 11.3 Å². The molecule has 13 heteroatoms. The van der Waals surface area contributed by atoms with Crippen molar-refractivity contribution in [3.63, 3.8) is 0 Å². The summed E-state index contributed by atoms with van der Waals surface area (Å²) in [5, 5.41) is 4.07. The van der Waals surface area contributed by atoms with Crippen LogP contribution in [0.25, 0.3) is 0 Å². The van der Waals surface area contributed by atoms with Gasteiger partial charge >= 0.3 is 18.3 Å². The Bertz CT molecular complexity index is 531. The SMILES string of the molecule is N#CC(F)(CCC(F)(F)C(F)(F)F)S(=O)(=O)CCC(F)(F)F. The minimum atomic E-state index is -6.11. The topological polar surface area (TPSA) is 57.9 Å². The maximum absolute atomic E-state index is 13.8. The quantitative estimate of drug-likeness (QED) is 0.677. The number of sulfone groups is 1. The average molecular weight is 365 g/mol. The van der Waals surface area contributed by atoms with E-state index >= 15 is 0 Å². The largest absolute Gasteiger partial charge is 0.453 e. The summed E-state index contributed by atoms with van der Waals surface area (Å²) >= 11 is 0. The van der Waals surface area contributed by atoms with Crippen molar-refractivity contribution >= 4 is 9.84 Å². The molecule has 0 amide bonds. The van der Waals surface area contributed by atoms with E-state index in [1.165, 1.54) is 0 Å². The molecule has 0 fully saturated rings. The van der Waals surface area contributed by atoms with Crippen molar-refractivity contribution in [3.8, 4) is 6.07 Å². The maximum Gasteiger partial charge on any atom is 0.453 e. The Morgan fingerprint density at radius 3 is 1.59 bits per heavy atom. The second-order valence-corrected chi connectivity index (χ2v) is 6.51. The van der Waals surface area contributed by atoms with Gasteiger partial charge in [0.15, 0.2) is 9.84 Å². The molecule has 0 radical (unpaired) electrons. The Morgan fingerprint density at radius 1 is 0.818 bits per heavy atom. The predicted octanol–water partition coefficient (Wildman–Crippen LogP) is 3.52. The number of halogens is 9. The van der Waals surface area contributed by atoms with Crippen LogP contribution in [0.2, 0.25) is 0 Å². The minimum Gasteiger partial charge on any atom is -0.224 e. The number of alkyl halides is 9. The van der Waals surface area contributed by atoms with Gasteiger partial charge in [0.2, 0.25) is 0 Å². The van der Waals surface area contributed by atoms with Gasteiger partial charge in [0.05, 0.1) is 12.2 Å². The molecule has 1 atom stereocenters. The highest BCUT2D eigenvalue weighted by Gasteiger charge is 2.59. The van der Waals surface area contributed by atoms with Gasteiger partial charge in [-0.05, 0) is 0 Å². The third-order valence-corrected chi connectivity index (χ3v) is 4.51. The lowest BCUT2D eigenvalue weighted by molar-refractivity contribution is -0.285. The van der Waals surface area contributed by atoms with E-state index in [0.29, 0.717) is 6.07 Å². The molecule has 1 unspecified atom stereocenters. The molecule has 22 heavy (non-hydrogen) atoms. The van der Waals surface area contributed by atoms with Gasteiger partial charge in [0.1, 0.15) is 6.07 Å². The molecule has 0 aromatic heterocycles. The van der Waals surface area contributed by atoms with Crippen LogP contribution in [0.1, 0.15) is 19.3 Å².